The Kier molecular flexibility index (Phi) is 8.22. The molecule has 7 nitrogen and oxygen atoms in total. The van der Waals surface area contributed by atoms with Gasteiger partial charge in [-0.2, -0.15) is 17.5 Å². The first-order valence-electron chi connectivity index (χ1n) is 8.12. The molecule has 27 heavy (non-hydrogen) atoms. The fourth-order valence-electron chi connectivity index (χ4n) is 2.09. The molecule has 0 aliphatic rings. The number of benzene rings is 1. The average molecular weight is 410 g/mol. The van der Waals surface area contributed by atoms with E-state index in [4.69, 9.17) is 4.74 Å². The monoisotopic (exact) mass is 410 g/mol. The van der Waals surface area contributed by atoms with Crippen LogP contribution in [0, 0.1) is 0 Å². The van der Waals surface area contributed by atoms with Gasteiger partial charge in [0.15, 0.2) is 0 Å². The van der Waals surface area contributed by atoms with Crippen molar-refractivity contribution in [1.29, 1.82) is 0 Å². The van der Waals surface area contributed by atoms with Crippen molar-refractivity contribution in [3.8, 4) is 0 Å². The summed E-state index contributed by atoms with van der Waals surface area (Å²) in [5, 5.41) is 1.70. The third-order valence-corrected chi connectivity index (χ3v) is 5.15. The third kappa shape index (κ3) is 7.18. The summed E-state index contributed by atoms with van der Waals surface area (Å²) < 4.78 is 67.5. The molecule has 0 atom stereocenters. The molecule has 0 saturated heterocycles. The zero-order chi connectivity index (χ0) is 20.7. The molecule has 0 aromatic heterocycles. The van der Waals surface area contributed by atoms with Crippen molar-refractivity contribution in [2.45, 2.75) is 31.3 Å². The van der Waals surface area contributed by atoms with E-state index in [9.17, 15) is 31.2 Å². The van der Waals surface area contributed by atoms with E-state index in [0.717, 1.165) is 28.6 Å². The molecular weight excluding hydrogens is 389 g/mol. The molecule has 1 amide bonds. The number of carbonyl (C=O) groups excluding carboxylic acids is 2. The first-order chi connectivity index (χ1) is 12.5. The van der Waals surface area contributed by atoms with Gasteiger partial charge in [0, 0.05) is 12.1 Å². The van der Waals surface area contributed by atoms with Gasteiger partial charge in [-0.25, -0.2) is 8.42 Å². The normalized spacial score (nSPS) is 12.1. The molecule has 1 N–H and O–H groups in total. The minimum Gasteiger partial charge on any atom is -0.465 e. The molecule has 0 aliphatic heterocycles. The van der Waals surface area contributed by atoms with Crippen molar-refractivity contribution in [3.63, 3.8) is 0 Å². The highest BCUT2D eigenvalue weighted by Gasteiger charge is 2.29. The molecule has 1 aromatic rings. The smallest absolute Gasteiger partial charge is 0.405 e. The van der Waals surface area contributed by atoms with Crippen LogP contribution in [-0.2, 0) is 19.6 Å². The quantitative estimate of drug-likeness (QED) is 0.628. The Hall–Kier alpha value is -2.14. The number of alkyl halides is 3. The van der Waals surface area contributed by atoms with Gasteiger partial charge >= 0.3 is 12.1 Å². The Morgan fingerprint density at radius 1 is 1.15 bits per heavy atom. The predicted molar refractivity (Wildman–Crippen MR) is 90.5 cm³/mol. The second-order valence-corrected chi connectivity index (χ2v) is 7.40. The highest BCUT2D eigenvalue weighted by molar-refractivity contribution is 7.89. The van der Waals surface area contributed by atoms with Crippen LogP contribution in [0.2, 0.25) is 0 Å². The number of nitrogens with one attached hydrogen (secondary N) is 1. The van der Waals surface area contributed by atoms with Crippen LogP contribution in [0.5, 0.6) is 0 Å². The number of carbonyl (C=O) groups is 2. The molecule has 0 radical (unpaired) electrons. The summed E-state index contributed by atoms with van der Waals surface area (Å²) in [6.45, 7) is 1.57. The van der Waals surface area contributed by atoms with Gasteiger partial charge in [-0.1, -0.05) is 6.92 Å². The Bertz CT molecular complexity index is 748. The molecular formula is C16H21F3N2O5S. The lowest BCUT2D eigenvalue weighted by Crippen LogP contribution is -2.37. The molecule has 0 fully saturated rings. The molecule has 0 saturated carbocycles. The van der Waals surface area contributed by atoms with Crippen molar-refractivity contribution >= 4 is 21.9 Å². The third-order valence-electron chi connectivity index (χ3n) is 3.29. The number of ether oxygens (including phenoxy) is 1. The van der Waals surface area contributed by atoms with Crippen LogP contribution >= 0.6 is 0 Å². The summed E-state index contributed by atoms with van der Waals surface area (Å²) in [4.78, 5) is 23.1. The second-order valence-electron chi connectivity index (χ2n) is 5.47. The number of hydrogen-bond acceptors (Lipinski definition) is 5. The van der Waals surface area contributed by atoms with Gasteiger partial charge in [0.1, 0.15) is 13.1 Å². The fraction of sp³-hybridized carbons (Fsp3) is 0.500. The molecule has 0 aliphatic carbocycles. The minimum atomic E-state index is -4.55. The summed E-state index contributed by atoms with van der Waals surface area (Å²) in [5.41, 5.74) is -0.120. The molecule has 0 unspecified atom stereocenters. The molecule has 0 bridgehead atoms. The number of nitrogens with zero attached hydrogens (tertiary/aromatic N) is 1. The van der Waals surface area contributed by atoms with Gasteiger partial charge in [-0.15, -0.1) is 0 Å². The minimum absolute atomic E-state index is 0.0783. The molecule has 1 aromatic carbocycles. The number of esters is 1. The molecule has 1 rings (SSSR count). The lowest BCUT2D eigenvalue weighted by molar-refractivity contribution is -0.143. The van der Waals surface area contributed by atoms with Gasteiger partial charge in [-0.3, -0.25) is 9.59 Å². The van der Waals surface area contributed by atoms with E-state index in [1.54, 1.807) is 19.2 Å². The Balaban J connectivity index is 2.95. The first-order valence-corrected chi connectivity index (χ1v) is 9.56. The molecule has 152 valence electrons. The van der Waals surface area contributed by atoms with E-state index in [-0.39, 0.29) is 23.6 Å². The highest BCUT2D eigenvalue weighted by atomic mass is 32.2. The van der Waals surface area contributed by atoms with Crippen molar-refractivity contribution in [2.75, 3.05) is 26.2 Å². The van der Waals surface area contributed by atoms with E-state index in [2.05, 4.69) is 0 Å². The van der Waals surface area contributed by atoms with Crippen LogP contribution in [0.1, 0.15) is 30.6 Å². The fourth-order valence-corrected chi connectivity index (χ4v) is 3.57. The van der Waals surface area contributed by atoms with Gasteiger partial charge in [0.25, 0.3) is 5.91 Å². The highest BCUT2D eigenvalue weighted by Crippen LogP contribution is 2.18. The lowest BCUT2D eigenvalue weighted by atomic mass is 10.2. The van der Waals surface area contributed by atoms with Crippen LogP contribution in [0.4, 0.5) is 13.2 Å². The van der Waals surface area contributed by atoms with Crippen molar-refractivity contribution < 1.29 is 35.9 Å². The number of halogens is 3. The number of rotatable bonds is 9. The van der Waals surface area contributed by atoms with E-state index >= 15 is 0 Å². The zero-order valence-electron chi connectivity index (χ0n) is 14.9. The van der Waals surface area contributed by atoms with E-state index in [1.165, 1.54) is 0 Å². The SMILES string of the molecule is CCCN(CC(=O)OCC)S(=O)(=O)c1ccc(C(=O)NCC(F)(F)F)cc1. The largest absolute Gasteiger partial charge is 0.465 e. The van der Waals surface area contributed by atoms with Crippen LogP contribution < -0.4 is 5.32 Å². The average Bonchev–Trinajstić information content (AvgIpc) is 2.59. The summed E-state index contributed by atoms with van der Waals surface area (Å²) in [7, 11) is -4.03. The number of sulfonamides is 1. The summed E-state index contributed by atoms with van der Waals surface area (Å²) >= 11 is 0. The Morgan fingerprint density at radius 3 is 2.22 bits per heavy atom. The van der Waals surface area contributed by atoms with Gasteiger partial charge < -0.3 is 10.1 Å². The maximum Gasteiger partial charge on any atom is 0.405 e. The maximum atomic E-state index is 12.7. The van der Waals surface area contributed by atoms with Crippen LogP contribution in [0.3, 0.4) is 0 Å². The van der Waals surface area contributed by atoms with Crippen molar-refractivity contribution in [3.05, 3.63) is 29.8 Å². The maximum absolute atomic E-state index is 12.7. The van der Waals surface area contributed by atoms with Gasteiger partial charge in [0.2, 0.25) is 10.0 Å². The second kappa shape index (κ2) is 9.70. The first kappa shape index (κ1) is 22.9. The zero-order valence-corrected chi connectivity index (χ0v) is 15.7. The van der Waals surface area contributed by atoms with Gasteiger partial charge in [0.05, 0.1) is 11.5 Å². The summed E-state index contributed by atoms with van der Waals surface area (Å²) in [6, 6.07) is 4.41. The van der Waals surface area contributed by atoms with Crippen LogP contribution in [0.15, 0.2) is 29.2 Å². The Labute approximate surface area is 155 Å². The van der Waals surface area contributed by atoms with Crippen molar-refractivity contribution in [1.82, 2.24) is 9.62 Å². The standard InChI is InChI=1S/C16H21F3N2O5S/c1-3-9-21(10-14(22)26-4-2)27(24,25)13-7-5-12(6-8-13)15(23)20-11-16(17,18)19/h5-8H,3-4,9-11H2,1-2H3,(H,20,23). The summed E-state index contributed by atoms with van der Waals surface area (Å²) in [6.07, 6.45) is -4.09. The van der Waals surface area contributed by atoms with E-state index < -0.39 is 41.2 Å². The molecule has 0 heterocycles. The summed E-state index contributed by atoms with van der Waals surface area (Å²) in [5.74, 6) is -1.68. The van der Waals surface area contributed by atoms with E-state index in [1.807, 2.05) is 0 Å². The topological polar surface area (TPSA) is 92.8 Å². The number of hydrogen-bond donors (Lipinski definition) is 1. The molecule has 0 spiro atoms. The van der Waals surface area contributed by atoms with Crippen LogP contribution in [0.25, 0.3) is 0 Å². The van der Waals surface area contributed by atoms with Crippen molar-refractivity contribution in [2.24, 2.45) is 0 Å². The molecule has 11 heteroatoms. The van der Waals surface area contributed by atoms with Gasteiger partial charge in [-0.05, 0) is 37.6 Å². The predicted octanol–water partition coefficient (Wildman–Crippen LogP) is 1.94. The number of amides is 1. The van der Waals surface area contributed by atoms with E-state index in [0.29, 0.717) is 6.42 Å². The van der Waals surface area contributed by atoms with Crippen LogP contribution in [-0.4, -0.2) is 57.0 Å². The Morgan fingerprint density at radius 2 is 1.74 bits per heavy atom. The lowest BCUT2D eigenvalue weighted by Gasteiger charge is -2.20.